The molecule has 0 N–H and O–H groups in total. The minimum Gasteiger partial charge on any atom is -0.464 e. The van der Waals surface area contributed by atoms with Crippen molar-refractivity contribution in [1.29, 1.82) is 0 Å². The molecule has 2 heterocycles. The van der Waals surface area contributed by atoms with Gasteiger partial charge in [0.1, 0.15) is 24.6 Å². The third-order valence-corrected chi connectivity index (χ3v) is 2.84. The molecule has 4 nitrogen and oxygen atoms in total. The number of fused-ring (bicyclic) bond motifs is 1. The number of ketones is 1. The Morgan fingerprint density at radius 3 is 2.94 bits per heavy atom. The van der Waals surface area contributed by atoms with Crippen molar-refractivity contribution in [2.75, 3.05) is 19.8 Å². The molecule has 1 aromatic carbocycles. The van der Waals surface area contributed by atoms with Crippen LogP contribution in [0.1, 0.15) is 10.4 Å². The van der Waals surface area contributed by atoms with E-state index in [-0.39, 0.29) is 18.5 Å². The van der Waals surface area contributed by atoms with Gasteiger partial charge in [-0.1, -0.05) is 18.2 Å². The molecule has 88 valence electrons. The molecule has 3 rings (SSSR count). The molecule has 0 amide bonds. The maximum Gasteiger partial charge on any atom is 0.192 e. The number of carbonyl (C=O) groups is 1. The molecule has 1 aliphatic rings. The summed E-state index contributed by atoms with van der Waals surface area (Å²) in [5.74, 6) is -0.0538. The number of hydrogen-bond donors (Lipinski definition) is 0. The molecule has 0 bridgehead atoms. The highest BCUT2D eigenvalue weighted by molar-refractivity contribution is 6.07. The lowest BCUT2D eigenvalue weighted by Crippen LogP contribution is -2.37. The molecule has 0 saturated carbocycles. The largest absolute Gasteiger partial charge is 0.464 e. The van der Waals surface area contributed by atoms with Crippen molar-refractivity contribution < 1.29 is 18.7 Å². The van der Waals surface area contributed by atoms with Gasteiger partial charge >= 0.3 is 0 Å². The van der Waals surface area contributed by atoms with Crippen LogP contribution in [0, 0.1) is 0 Å². The van der Waals surface area contributed by atoms with E-state index in [4.69, 9.17) is 13.9 Å². The first-order valence-corrected chi connectivity index (χ1v) is 5.53. The minimum absolute atomic E-state index is 0.0538. The summed E-state index contributed by atoms with van der Waals surface area (Å²) in [6, 6.07) is 7.48. The van der Waals surface area contributed by atoms with Crippen LogP contribution in [-0.2, 0) is 9.47 Å². The number of Topliss-reactive ketones (excluding diaryl/α,β-unsaturated/α-hetero) is 1. The highest BCUT2D eigenvalue weighted by atomic mass is 16.6. The van der Waals surface area contributed by atoms with Crippen LogP contribution in [0.4, 0.5) is 0 Å². The van der Waals surface area contributed by atoms with Crippen LogP contribution in [-0.4, -0.2) is 31.7 Å². The van der Waals surface area contributed by atoms with Gasteiger partial charge in [-0.3, -0.25) is 4.79 Å². The summed E-state index contributed by atoms with van der Waals surface area (Å²) in [4.78, 5) is 11.9. The fourth-order valence-electron chi connectivity index (χ4n) is 1.78. The highest BCUT2D eigenvalue weighted by Crippen LogP contribution is 2.21. The third kappa shape index (κ3) is 1.97. The summed E-state index contributed by atoms with van der Waals surface area (Å²) in [6.45, 7) is 1.25. The summed E-state index contributed by atoms with van der Waals surface area (Å²) in [5, 5.41) is 0.839. The number of furan rings is 1. The zero-order valence-electron chi connectivity index (χ0n) is 9.22. The maximum atomic E-state index is 11.9. The summed E-state index contributed by atoms with van der Waals surface area (Å²) in [5.41, 5.74) is 1.31. The standard InChI is InChI=1S/C13H12O4/c14-12(8-16-9-5-15-6-9)11-7-17-13-4-2-1-3-10(11)13/h1-4,7,9H,5-6,8H2. The molecule has 1 saturated heterocycles. The normalized spacial score (nSPS) is 16.0. The highest BCUT2D eigenvalue weighted by Gasteiger charge is 2.21. The topological polar surface area (TPSA) is 48.7 Å². The van der Waals surface area contributed by atoms with Crippen LogP contribution >= 0.6 is 0 Å². The molecule has 1 aromatic heterocycles. The number of hydrogen-bond acceptors (Lipinski definition) is 4. The van der Waals surface area contributed by atoms with Crippen molar-refractivity contribution >= 4 is 16.8 Å². The van der Waals surface area contributed by atoms with Gasteiger partial charge in [0.15, 0.2) is 5.78 Å². The van der Waals surface area contributed by atoms with Gasteiger partial charge in [-0.05, 0) is 6.07 Å². The van der Waals surface area contributed by atoms with Gasteiger partial charge in [-0.25, -0.2) is 0 Å². The van der Waals surface area contributed by atoms with Crippen molar-refractivity contribution in [3.63, 3.8) is 0 Å². The van der Waals surface area contributed by atoms with Gasteiger partial charge in [0.05, 0.1) is 18.8 Å². The second kappa shape index (κ2) is 4.31. The van der Waals surface area contributed by atoms with Crippen LogP contribution in [0.5, 0.6) is 0 Å². The molecule has 2 aromatic rings. The van der Waals surface area contributed by atoms with Crippen LogP contribution in [0.25, 0.3) is 11.0 Å². The fraction of sp³-hybridized carbons (Fsp3) is 0.308. The lowest BCUT2D eigenvalue weighted by Gasteiger charge is -2.25. The second-order valence-electron chi connectivity index (χ2n) is 4.04. The van der Waals surface area contributed by atoms with Crippen LogP contribution in [0.2, 0.25) is 0 Å². The van der Waals surface area contributed by atoms with Crippen LogP contribution in [0.15, 0.2) is 34.9 Å². The molecule has 0 unspecified atom stereocenters. The van der Waals surface area contributed by atoms with Gasteiger partial charge in [0.25, 0.3) is 0 Å². The lowest BCUT2D eigenvalue weighted by molar-refractivity contribution is -0.123. The van der Waals surface area contributed by atoms with Crippen molar-refractivity contribution in [2.24, 2.45) is 0 Å². The van der Waals surface area contributed by atoms with Crippen molar-refractivity contribution in [1.82, 2.24) is 0 Å². The monoisotopic (exact) mass is 232 g/mol. The van der Waals surface area contributed by atoms with E-state index in [0.29, 0.717) is 18.8 Å². The Morgan fingerprint density at radius 2 is 2.18 bits per heavy atom. The molecular weight excluding hydrogens is 220 g/mol. The smallest absolute Gasteiger partial charge is 0.192 e. The van der Waals surface area contributed by atoms with Gasteiger partial charge < -0.3 is 13.9 Å². The molecule has 0 radical (unpaired) electrons. The summed E-state index contributed by atoms with van der Waals surface area (Å²) in [6.07, 6.45) is 1.56. The Hall–Kier alpha value is -1.65. The SMILES string of the molecule is O=C(COC1COC1)c1coc2ccccc12. The zero-order chi connectivity index (χ0) is 11.7. The first-order valence-electron chi connectivity index (χ1n) is 5.53. The van der Waals surface area contributed by atoms with E-state index in [2.05, 4.69) is 0 Å². The predicted octanol–water partition coefficient (Wildman–Crippen LogP) is 2.03. The number of carbonyl (C=O) groups excluding carboxylic acids is 1. The summed E-state index contributed by atoms with van der Waals surface area (Å²) in [7, 11) is 0. The quantitative estimate of drug-likeness (QED) is 0.757. The Labute approximate surface area is 98.1 Å². The fourth-order valence-corrected chi connectivity index (χ4v) is 1.78. The average Bonchev–Trinajstić information content (AvgIpc) is 2.70. The first kappa shape index (κ1) is 10.5. The van der Waals surface area contributed by atoms with E-state index < -0.39 is 0 Å². The van der Waals surface area contributed by atoms with Crippen molar-refractivity contribution in [2.45, 2.75) is 6.10 Å². The van der Waals surface area contributed by atoms with E-state index in [1.165, 1.54) is 6.26 Å². The molecule has 0 aliphatic carbocycles. The maximum absolute atomic E-state index is 11.9. The molecule has 1 fully saturated rings. The Morgan fingerprint density at radius 1 is 1.35 bits per heavy atom. The molecule has 17 heavy (non-hydrogen) atoms. The van der Waals surface area contributed by atoms with E-state index in [1.807, 2.05) is 24.3 Å². The van der Waals surface area contributed by atoms with Crippen molar-refractivity contribution in [3.8, 4) is 0 Å². The van der Waals surface area contributed by atoms with Gasteiger partial charge in [-0.2, -0.15) is 0 Å². The first-order chi connectivity index (χ1) is 8.34. The summed E-state index contributed by atoms with van der Waals surface area (Å²) < 4.78 is 15.7. The van der Waals surface area contributed by atoms with E-state index in [9.17, 15) is 4.79 Å². The van der Waals surface area contributed by atoms with Gasteiger partial charge in [0, 0.05) is 5.39 Å². The van der Waals surface area contributed by atoms with Crippen LogP contribution in [0.3, 0.4) is 0 Å². The Balaban J connectivity index is 1.75. The lowest BCUT2D eigenvalue weighted by atomic mass is 10.1. The number of benzene rings is 1. The third-order valence-electron chi connectivity index (χ3n) is 2.84. The minimum atomic E-state index is -0.0538. The van der Waals surface area contributed by atoms with Crippen molar-refractivity contribution in [3.05, 3.63) is 36.1 Å². The molecule has 0 atom stereocenters. The van der Waals surface area contributed by atoms with E-state index in [0.717, 1.165) is 11.0 Å². The van der Waals surface area contributed by atoms with E-state index >= 15 is 0 Å². The average molecular weight is 232 g/mol. The molecule has 0 spiro atoms. The second-order valence-corrected chi connectivity index (χ2v) is 4.04. The predicted molar refractivity (Wildman–Crippen MR) is 61.1 cm³/mol. The number of rotatable bonds is 4. The Kier molecular flexibility index (Phi) is 2.66. The molecule has 4 heteroatoms. The van der Waals surface area contributed by atoms with Gasteiger partial charge in [0.2, 0.25) is 0 Å². The van der Waals surface area contributed by atoms with Crippen LogP contribution < -0.4 is 0 Å². The number of para-hydroxylation sites is 1. The van der Waals surface area contributed by atoms with Gasteiger partial charge in [-0.15, -0.1) is 0 Å². The Bertz CT molecular complexity index is 539. The summed E-state index contributed by atoms with van der Waals surface area (Å²) >= 11 is 0. The molecular formula is C13H12O4. The molecule has 1 aliphatic heterocycles. The van der Waals surface area contributed by atoms with E-state index in [1.54, 1.807) is 0 Å². The number of ether oxygens (including phenoxy) is 2. The zero-order valence-corrected chi connectivity index (χ0v) is 9.22.